The molecule has 1 aliphatic rings. The number of aryl methyl sites for hydroxylation is 1. The van der Waals surface area contributed by atoms with E-state index in [0.717, 1.165) is 18.0 Å². The summed E-state index contributed by atoms with van der Waals surface area (Å²) in [6.45, 7) is 4.67. The van der Waals surface area contributed by atoms with E-state index in [-0.39, 0.29) is 24.0 Å². The smallest absolute Gasteiger partial charge is 0.313 e. The fourth-order valence-corrected chi connectivity index (χ4v) is 3.99. The lowest BCUT2D eigenvalue weighted by Crippen LogP contribution is -2.45. The second kappa shape index (κ2) is 9.59. The van der Waals surface area contributed by atoms with Crippen molar-refractivity contribution in [1.82, 2.24) is 10.2 Å². The van der Waals surface area contributed by atoms with Crippen molar-refractivity contribution in [3.8, 4) is 0 Å². The van der Waals surface area contributed by atoms with Crippen LogP contribution in [0.15, 0.2) is 35.7 Å². The second-order valence-electron chi connectivity index (χ2n) is 6.62. The number of morpholine rings is 1. The van der Waals surface area contributed by atoms with Crippen molar-refractivity contribution in [3.63, 3.8) is 0 Å². The first-order valence-corrected chi connectivity index (χ1v) is 10.0. The molecule has 0 radical (unpaired) electrons. The number of carbonyl (C=O) groups is 2. The number of carbonyl (C=O) groups excluding carboxylic acids is 2. The van der Waals surface area contributed by atoms with Crippen LogP contribution in [0.2, 0.25) is 0 Å². The number of benzene rings is 1. The molecule has 0 aliphatic carbocycles. The van der Waals surface area contributed by atoms with Gasteiger partial charge in [0, 0.05) is 30.6 Å². The van der Waals surface area contributed by atoms with Crippen LogP contribution >= 0.6 is 11.3 Å². The van der Waals surface area contributed by atoms with Gasteiger partial charge >= 0.3 is 11.8 Å². The van der Waals surface area contributed by atoms with Gasteiger partial charge in [-0.1, -0.05) is 12.1 Å². The summed E-state index contributed by atoms with van der Waals surface area (Å²) in [6.07, 6.45) is 0. The number of amides is 2. The quantitative estimate of drug-likeness (QED) is 0.422. The molecule has 1 atom stereocenters. The zero-order valence-corrected chi connectivity index (χ0v) is 16.7. The van der Waals surface area contributed by atoms with Crippen molar-refractivity contribution >= 4 is 34.5 Å². The highest BCUT2D eigenvalue weighted by Gasteiger charge is 2.26. The van der Waals surface area contributed by atoms with E-state index in [2.05, 4.69) is 15.5 Å². The summed E-state index contributed by atoms with van der Waals surface area (Å²) in [5, 5.41) is 18.1. The number of rotatable bonds is 6. The topological polar surface area (TPSA) is 114 Å². The van der Waals surface area contributed by atoms with Crippen molar-refractivity contribution in [1.29, 1.82) is 0 Å². The highest BCUT2D eigenvalue weighted by Crippen LogP contribution is 2.26. The Morgan fingerprint density at radius 3 is 2.69 bits per heavy atom. The number of thiophene rings is 1. The molecule has 1 fully saturated rings. The first kappa shape index (κ1) is 20.9. The highest BCUT2D eigenvalue weighted by atomic mass is 32.1. The molecule has 2 aromatic rings. The maximum absolute atomic E-state index is 12.3. The Morgan fingerprint density at radius 2 is 2.03 bits per heavy atom. The van der Waals surface area contributed by atoms with Crippen LogP contribution in [0, 0.1) is 17.0 Å². The number of nitrogens with zero attached hydrogens (tertiary/aromatic N) is 2. The molecule has 3 rings (SSSR count). The van der Waals surface area contributed by atoms with Crippen LogP contribution in [-0.2, 0) is 14.3 Å². The fraction of sp³-hybridized carbons (Fsp3) is 0.368. The minimum atomic E-state index is -0.941. The largest absolute Gasteiger partial charge is 0.379 e. The molecule has 1 saturated heterocycles. The van der Waals surface area contributed by atoms with E-state index in [0.29, 0.717) is 18.8 Å². The van der Waals surface area contributed by atoms with Gasteiger partial charge in [0.2, 0.25) is 0 Å². The van der Waals surface area contributed by atoms with Crippen molar-refractivity contribution in [2.24, 2.45) is 0 Å². The molecule has 2 amide bonds. The molecule has 0 bridgehead atoms. The van der Waals surface area contributed by atoms with Gasteiger partial charge in [0.05, 0.1) is 24.2 Å². The standard InChI is InChI=1S/C19H22N4O5S/c1-13-4-5-14(15(11-13)23(26)27)21-19(25)18(24)20-12-16(17-3-2-10-29-17)22-6-8-28-9-7-22/h2-5,10-11,16H,6-9,12H2,1H3,(H,20,24)(H,21,25). The Hall–Kier alpha value is -2.82. The molecule has 0 saturated carbocycles. The third-order valence-electron chi connectivity index (χ3n) is 4.62. The molecule has 1 aliphatic heterocycles. The molecule has 10 heteroatoms. The lowest BCUT2D eigenvalue weighted by atomic mass is 10.2. The molecule has 29 heavy (non-hydrogen) atoms. The summed E-state index contributed by atoms with van der Waals surface area (Å²) < 4.78 is 5.39. The molecule has 2 N–H and O–H groups in total. The van der Waals surface area contributed by atoms with Gasteiger partial charge in [0.25, 0.3) is 5.69 Å². The summed E-state index contributed by atoms with van der Waals surface area (Å²) in [5.41, 5.74) is 0.420. The number of nitrogens with one attached hydrogen (secondary N) is 2. The van der Waals surface area contributed by atoms with E-state index in [1.807, 2.05) is 17.5 Å². The summed E-state index contributed by atoms with van der Waals surface area (Å²) >= 11 is 1.58. The molecule has 1 aromatic heterocycles. The van der Waals surface area contributed by atoms with Gasteiger partial charge in [0.1, 0.15) is 5.69 Å². The lowest BCUT2D eigenvalue weighted by Gasteiger charge is -2.34. The number of ether oxygens (including phenoxy) is 1. The van der Waals surface area contributed by atoms with Crippen LogP contribution in [0.5, 0.6) is 0 Å². The van der Waals surface area contributed by atoms with Crippen LogP contribution in [-0.4, -0.2) is 54.5 Å². The molecule has 1 unspecified atom stereocenters. The summed E-state index contributed by atoms with van der Waals surface area (Å²) in [7, 11) is 0. The molecular weight excluding hydrogens is 396 g/mol. The van der Waals surface area contributed by atoms with Crippen molar-refractivity contribution in [2.75, 3.05) is 38.2 Å². The molecule has 9 nitrogen and oxygen atoms in total. The van der Waals surface area contributed by atoms with Gasteiger partial charge < -0.3 is 15.4 Å². The number of nitro benzene ring substituents is 1. The van der Waals surface area contributed by atoms with E-state index >= 15 is 0 Å². The van der Waals surface area contributed by atoms with Crippen molar-refractivity contribution in [2.45, 2.75) is 13.0 Å². The molecule has 1 aromatic carbocycles. The summed E-state index contributed by atoms with van der Waals surface area (Å²) in [5.74, 6) is -1.78. The van der Waals surface area contributed by atoms with E-state index in [1.165, 1.54) is 12.1 Å². The highest BCUT2D eigenvalue weighted by molar-refractivity contribution is 7.10. The van der Waals surface area contributed by atoms with E-state index in [9.17, 15) is 19.7 Å². The fourth-order valence-electron chi connectivity index (χ4n) is 3.13. The third-order valence-corrected chi connectivity index (χ3v) is 5.59. The first-order chi connectivity index (χ1) is 14.0. The second-order valence-corrected chi connectivity index (χ2v) is 7.60. The van der Waals surface area contributed by atoms with Crippen LogP contribution in [0.3, 0.4) is 0 Å². The predicted molar refractivity (Wildman–Crippen MR) is 109 cm³/mol. The first-order valence-electron chi connectivity index (χ1n) is 9.15. The van der Waals surface area contributed by atoms with Gasteiger partial charge in [-0.2, -0.15) is 0 Å². The average molecular weight is 418 g/mol. The number of anilines is 1. The van der Waals surface area contributed by atoms with E-state index in [4.69, 9.17) is 4.74 Å². The Bertz CT molecular complexity index is 881. The van der Waals surface area contributed by atoms with Gasteiger partial charge in [-0.15, -0.1) is 11.3 Å². The zero-order chi connectivity index (χ0) is 20.8. The predicted octanol–water partition coefficient (Wildman–Crippen LogP) is 2.09. The van der Waals surface area contributed by atoms with Crippen molar-refractivity contribution < 1.29 is 19.2 Å². The molecule has 2 heterocycles. The minimum Gasteiger partial charge on any atom is -0.379 e. The number of hydrogen-bond acceptors (Lipinski definition) is 7. The molecule has 0 spiro atoms. The third kappa shape index (κ3) is 5.37. The van der Waals surface area contributed by atoms with Gasteiger partial charge in [0.15, 0.2) is 0 Å². The Kier molecular flexibility index (Phi) is 6.91. The SMILES string of the molecule is Cc1ccc(NC(=O)C(=O)NCC(c2cccs2)N2CCOCC2)c([N+](=O)[O-])c1. The van der Waals surface area contributed by atoms with Gasteiger partial charge in [-0.3, -0.25) is 24.6 Å². The van der Waals surface area contributed by atoms with Crippen LogP contribution in [0.25, 0.3) is 0 Å². The Morgan fingerprint density at radius 1 is 1.28 bits per heavy atom. The van der Waals surface area contributed by atoms with Gasteiger partial charge in [-0.25, -0.2) is 0 Å². The number of hydrogen-bond donors (Lipinski definition) is 2. The maximum atomic E-state index is 12.3. The average Bonchev–Trinajstić information content (AvgIpc) is 3.24. The lowest BCUT2D eigenvalue weighted by molar-refractivity contribution is -0.384. The van der Waals surface area contributed by atoms with Crippen LogP contribution in [0.1, 0.15) is 16.5 Å². The van der Waals surface area contributed by atoms with Gasteiger partial charge in [-0.05, 0) is 30.0 Å². The van der Waals surface area contributed by atoms with E-state index < -0.39 is 16.7 Å². The zero-order valence-electron chi connectivity index (χ0n) is 15.9. The maximum Gasteiger partial charge on any atom is 0.313 e. The number of nitro groups is 1. The monoisotopic (exact) mass is 418 g/mol. The van der Waals surface area contributed by atoms with Crippen molar-refractivity contribution in [3.05, 3.63) is 56.3 Å². The Balaban J connectivity index is 1.64. The molecular formula is C19H22N4O5S. The van der Waals surface area contributed by atoms with Crippen LogP contribution < -0.4 is 10.6 Å². The van der Waals surface area contributed by atoms with E-state index in [1.54, 1.807) is 24.3 Å². The van der Waals surface area contributed by atoms with Crippen LogP contribution in [0.4, 0.5) is 11.4 Å². The Labute approximate surface area is 171 Å². The summed E-state index contributed by atoms with van der Waals surface area (Å²) in [4.78, 5) is 38.5. The minimum absolute atomic E-state index is 0.0104. The normalized spacial score (nSPS) is 15.5. The summed E-state index contributed by atoms with van der Waals surface area (Å²) in [6, 6.07) is 8.26. The molecule has 154 valence electrons.